The molecule has 0 saturated carbocycles. The zero-order chi connectivity index (χ0) is 13.0. The summed E-state index contributed by atoms with van der Waals surface area (Å²) in [5, 5.41) is 13.0. The molecule has 1 N–H and O–H groups in total. The Balaban J connectivity index is 2.01. The molecular formula is C12H13N3O2S. The van der Waals surface area contributed by atoms with Gasteiger partial charge in [0.1, 0.15) is 5.69 Å². The van der Waals surface area contributed by atoms with Gasteiger partial charge in [0, 0.05) is 35.2 Å². The summed E-state index contributed by atoms with van der Waals surface area (Å²) in [6, 6.07) is 3.39. The lowest BCUT2D eigenvalue weighted by Gasteiger charge is -2.00. The van der Waals surface area contributed by atoms with Crippen molar-refractivity contribution >= 4 is 17.7 Å². The molecule has 0 radical (unpaired) electrons. The van der Waals surface area contributed by atoms with E-state index in [1.54, 1.807) is 23.9 Å². The SMILES string of the molecule is CCn1cc(CSc2ccnc(C(=O)O)c2)cn1. The molecular weight excluding hydrogens is 250 g/mol. The molecule has 0 aliphatic heterocycles. The quantitative estimate of drug-likeness (QED) is 0.838. The maximum absolute atomic E-state index is 10.8. The van der Waals surface area contributed by atoms with Gasteiger partial charge in [0.2, 0.25) is 0 Å². The van der Waals surface area contributed by atoms with Crippen LogP contribution in [0.2, 0.25) is 0 Å². The standard InChI is InChI=1S/C12H13N3O2S/c1-2-15-7-9(6-14-15)8-18-10-3-4-13-11(5-10)12(16)17/h3-7H,2,8H2,1H3,(H,16,17). The number of hydrogen-bond donors (Lipinski definition) is 1. The summed E-state index contributed by atoms with van der Waals surface area (Å²) in [5.41, 5.74) is 1.19. The minimum atomic E-state index is -1.00. The Labute approximate surface area is 109 Å². The van der Waals surface area contributed by atoms with Crippen molar-refractivity contribution in [2.24, 2.45) is 0 Å². The van der Waals surface area contributed by atoms with E-state index in [0.717, 1.165) is 22.8 Å². The van der Waals surface area contributed by atoms with Crippen molar-refractivity contribution < 1.29 is 9.90 Å². The second-order valence-electron chi connectivity index (χ2n) is 3.67. The van der Waals surface area contributed by atoms with Gasteiger partial charge in [-0.15, -0.1) is 11.8 Å². The fourth-order valence-corrected chi connectivity index (χ4v) is 2.27. The van der Waals surface area contributed by atoms with Gasteiger partial charge in [0.05, 0.1) is 6.20 Å². The molecule has 0 aliphatic rings. The summed E-state index contributed by atoms with van der Waals surface area (Å²) in [4.78, 5) is 15.5. The molecule has 2 rings (SSSR count). The molecule has 0 bridgehead atoms. The molecule has 18 heavy (non-hydrogen) atoms. The highest BCUT2D eigenvalue weighted by atomic mass is 32.2. The molecule has 0 amide bonds. The molecule has 0 aliphatic carbocycles. The third-order valence-corrected chi connectivity index (χ3v) is 3.43. The minimum Gasteiger partial charge on any atom is -0.477 e. The van der Waals surface area contributed by atoms with Crippen molar-refractivity contribution in [2.45, 2.75) is 24.1 Å². The van der Waals surface area contributed by atoms with Crippen molar-refractivity contribution in [2.75, 3.05) is 0 Å². The largest absolute Gasteiger partial charge is 0.477 e. The van der Waals surface area contributed by atoms with Crippen LogP contribution in [0.25, 0.3) is 0 Å². The Morgan fingerprint density at radius 3 is 3.06 bits per heavy atom. The molecule has 2 aromatic heterocycles. The van der Waals surface area contributed by atoms with Crippen LogP contribution in [0.15, 0.2) is 35.6 Å². The lowest BCUT2D eigenvalue weighted by Crippen LogP contribution is -1.99. The van der Waals surface area contributed by atoms with Crippen molar-refractivity contribution in [3.63, 3.8) is 0 Å². The number of aromatic carboxylic acids is 1. The van der Waals surface area contributed by atoms with E-state index in [-0.39, 0.29) is 5.69 Å². The van der Waals surface area contributed by atoms with E-state index in [9.17, 15) is 4.79 Å². The van der Waals surface area contributed by atoms with E-state index in [2.05, 4.69) is 10.1 Å². The number of thioether (sulfide) groups is 1. The van der Waals surface area contributed by atoms with Crippen LogP contribution in [0, 0.1) is 0 Å². The van der Waals surface area contributed by atoms with Crippen LogP contribution in [-0.2, 0) is 12.3 Å². The van der Waals surface area contributed by atoms with Gasteiger partial charge in [-0.3, -0.25) is 4.68 Å². The number of rotatable bonds is 5. The Morgan fingerprint density at radius 1 is 1.56 bits per heavy atom. The highest BCUT2D eigenvalue weighted by molar-refractivity contribution is 7.98. The molecule has 2 heterocycles. The first-order valence-corrected chi connectivity index (χ1v) is 6.51. The molecule has 94 valence electrons. The summed E-state index contributed by atoms with van der Waals surface area (Å²) in [5.74, 6) is -0.237. The number of carboxylic acid groups (broad SMARTS) is 1. The minimum absolute atomic E-state index is 0.0734. The summed E-state index contributed by atoms with van der Waals surface area (Å²) in [7, 11) is 0. The zero-order valence-corrected chi connectivity index (χ0v) is 10.7. The van der Waals surface area contributed by atoms with E-state index in [1.165, 1.54) is 6.20 Å². The summed E-state index contributed by atoms with van der Waals surface area (Å²) >= 11 is 1.57. The van der Waals surface area contributed by atoms with Gasteiger partial charge in [-0.2, -0.15) is 5.10 Å². The molecule has 0 aromatic carbocycles. The van der Waals surface area contributed by atoms with Gasteiger partial charge in [0.25, 0.3) is 0 Å². The van der Waals surface area contributed by atoms with Crippen LogP contribution in [0.3, 0.4) is 0 Å². The monoisotopic (exact) mass is 263 g/mol. The molecule has 2 aromatic rings. The molecule has 5 nitrogen and oxygen atoms in total. The normalized spacial score (nSPS) is 10.5. The van der Waals surface area contributed by atoms with E-state index in [4.69, 9.17) is 5.11 Å². The number of nitrogens with zero attached hydrogens (tertiary/aromatic N) is 3. The van der Waals surface area contributed by atoms with E-state index in [1.807, 2.05) is 24.0 Å². The van der Waals surface area contributed by atoms with Crippen molar-refractivity contribution in [3.05, 3.63) is 42.0 Å². The maximum Gasteiger partial charge on any atom is 0.354 e. The van der Waals surface area contributed by atoms with Crippen LogP contribution in [-0.4, -0.2) is 25.8 Å². The van der Waals surface area contributed by atoms with Crippen LogP contribution in [0.5, 0.6) is 0 Å². The fourth-order valence-electron chi connectivity index (χ4n) is 1.44. The Kier molecular flexibility index (Phi) is 3.99. The van der Waals surface area contributed by atoms with E-state index in [0.29, 0.717) is 0 Å². The highest BCUT2D eigenvalue weighted by Gasteiger charge is 2.06. The Morgan fingerprint density at radius 2 is 2.39 bits per heavy atom. The summed E-state index contributed by atoms with van der Waals surface area (Å²) < 4.78 is 1.87. The fraction of sp³-hybridized carbons (Fsp3) is 0.250. The van der Waals surface area contributed by atoms with Crippen molar-refractivity contribution in [1.29, 1.82) is 0 Å². The van der Waals surface area contributed by atoms with Gasteiger partial charge >= 0.3 is 5.97 Å². The first-order valence-electron chi connectivity index (χ1n) is 5.52. The van der Waals surface area contributed by atoms with Gasteiger partial charge in [-0.05, 0) is 19.1 Å². The lowest BCUT2D eigenvalue weighted by atomic mass is 10.3. The maximum atomic E-state index is 10.8. The average molecular weight is 263 g/mol. The number of aryl methyl sites for hydroxylation is 1. The molecule has 0 fully saturated rings. The number of pyridine rings is 1. The third kappa shape index (κ3) is 3.10. The average Bonchev–Trinajstić information content (AvgIpc) is 2.84. The molecule has 0 unspecified atom stereocenters. The highest BCUT2D eigenvalue weighted by Crippen LogP contribution is 2.22. The molecule has 0 saturated heterocycles. The van der Waals surface area contributed by atoms with Gasteiger partial charge in [-0.25, -0.2) is 9.78 Å². The Hall–Kier alpha value is -1.82. The predicted molar refractivity (Wildman–Crippen MR) is 68.7 cm³/mol. The first kappa shape index (κ1) is 12.6. The van der Waals surface area contributed by atoms with Crippen LogP contribution < -0.4 is 0 Å². The first-order chi connectivity index (χ1) is 8.69. The molecule has 0 spiro atoms. The van der Waals surface area contributed by atoms with Gasteiger partial charge < -0.3 is 5.11 Å². The molecule has 0 atom stereocenters. The van der Waals surface area contributed by atoms with E-state index < -0.39 is 5.97 Å². The number of hydrogen-bond acceptors (Lipinski definition) is 4. The summed E-state index contributed by atoms with van der Waals surface area (Å²) in [6.45, 7) is 2.88. The van der Waals surface area contributed by atoms with Crippen LogP contribution >= 0.6 is 11.8 Å². The second kappa shape index (κ2) is 5.68. The van der Waals surface area contributed by atoms with Crippen LogP contribution in [0.4, 0.5) is 0 Å². The smallest absolute Gasteiger partial charge is 0.354 e. The predicted octanol–water partition coefficient (Wildman–Crippen LogP) is 2.29. The second-order valence-corrected chi connectivity index (χ2v) is 4.72. The molecule has 6 heteroatoms. The summed E-state index contributed by atoms with van der Waals surface area (Å²) in [6.07, 6.45) is 5.34. The van der Waals surface area contributed by atoms with Crippen molar-refractivity contribution in [1.82, 2.24) is 14.8 Å². The van der Waals surface area contributed by atoms with E-state index >= 15 is 0 Å². The topological polar surface area (TPSA) is 68.0 Å². The van der Waals surface area contributed by atoms with Gasteiger partial charge in [0.15, 0.2) is 0 Å². The zero-order valence-electron chi connectivity index (χ0n) is 9.91. The number of carbonyl (C=O) groups is 1. The number of aromatic nitrogens is 3. The Bertz CT molecular complexity index is 554. The lowest BCUT2D eigenvalue weighted by molar-refractivity contribution is 0.0690. The number of carboxylic acids is 1. The van der Waals surface area contributed by atoms with Crippen molar-refractivity contribution in [3.8, 4) is 0 Å². The van der Waals surface area contributed by atoms with Gasteiger partial charge in [-0.1, -0.05) is 0 Å². The third-order valence-electron chi connectivity index (χ3n) is 2.37. The van der Waals surface area contributed by atoms with Crippen LogP contribution in [0.1, 0.15) is 23.0 Å².